The van der Waals surface area contributed by atoms with Gasteiger partial charge in [0.05, 0.1) is 24.7 Å². The van der Waals surface area contributed by atoms with E-state index in [-0.39, 0.29) is 105 Å². The number of carboxylic acids is 1. The Morgan fingerprint density at radius 3 is 1.15 bits per heavy atom. The first kappa shape index (κ1) is 81.7. The zero-order chi connectivity index (χ0) is 71.2. The Kier molecular flexibility index (Phi) is 37.1. The smallest absolute Gasteiger partial charge is 0.612 e. The molecule has 0 aromatic heterocycles. The first-order chi connectivity index (χ1) is 47.3. The molecule has 6 aromatic rings. The number of hydrogen-bond acceptors (Lipinski definition) is 15. The van der Waals surface area contributed by atoms with Gasteiger partial charge in [-0.2, -0.15) is 0 Å². The molecule has 520 valence electrons. The number of imide groups is 3. The third-order valence-corrected chi connectivity index (χ3v) is 15.8. The van der Waals surface area contributed by atoms with Crippen LogP contribution < -0.4 is 30.3 Å². The van der Waals surface area contributed by atoms with Gasteiger partial charge in [-0.05, 0) is 151 Å². The van der Waals surface area contributed by atoms with E-state index in [2.05, 4.69) is 5.32 Å². The van der Waals surface area contributed by atoms with Crippen molar-refractivity contribution in [2.24, 2.45) is 0 Å². The number of carbonyl (C=O) groups excluding carboxylic acids is 8. The molecule has 5 N–H and O–H groups in total. The molecule has 4 saturated heterocycles. The number of anilines is 2. The fourth-order valence-corrected chi connectivity index (χ4v) is 10.8. The van der Waals surface area contributed by atoms with Crippen LogP contribution in [0.15, 0.2) is 206 Å². The number of halogens is 1. The Labute approximate surface area is 597 Å². The van der Waals surface area contributed by atoms with E-state index in [0.717, 1.165) is 72.4 Å². The molecule has 0 saturated carbocycles. The molecule has 0 radical (unpaired) electrons. The van der Waals surface area contributed by atoms with Gasteiger partial charge in [0.1, 0.15) is 19.8 Å². The molecule has 0 aliphatic carbocycles. The minimum atomic E-state index is -0.873. The van der Waals surface area contributed by atoms with Crippen molar-refractivity contribution in [1.29, 1.82) is 0 Å². The summed E-state index contributed by atoms with van der Waals surface area (Å²) in [6, 6.07) is 53.9. The number of carbonyl (C=O) groups is 9. The normalized spacial score (nSPS) is 17.1. The van der Waals surface area contributed by atoms with Crippen LogP contribution in [0.1, 0.15) is 125 Å². The molecule has 20 nitrogen and oxygen atoms in total. The van der Waals surface area contributed by atoms with Crippen LogP contribution in [0.4, 0.5) is 30.6 Å². The maximum Gasteiger partial charge on any atom is 1.00 e. The van der Waals surface area contributed by atoms with Crippen LogP contribution in [-0.2, 0) is 68.6 Å². The summed E-state index contributed by atoms with van der Waals surface area (Å²) in [5, 5.41) is 11.4. The average Bonchev–Trinajstić information content (AvgIpc) is 1.82. The zero-order valence-electron chi connectivity index (χ0n) is 57.3. The van der Waals surface area contributed by atoms with Gasteiger partial charge in [-0.15, -0.1) is 0 Å². The number of carboxylic acid groups (broad SMARTS) is 1. The molecule has 0 spiro atoms. The summed E-state index contributed by atoms with van der Waals surface area (Å²) in [6.45, 7) is 11.0. The van der Waals surface area contributed by atoms with Crippen LogP contribution in [0, 0.1) is 0 Å². The minimum Gasteiger partial charge on any atom is -0.612 e. The number of nitrogen functional groups attached to an aromatic ring is 2. The largest absolute Gasteiger partial charge is 1.00 e. The monoisotopic (exact) mass is 1360 g/mol. The van der Waals surface area contributed by atoms with Crippen molar-refractivity contribution in [3.05, 3.63) is 245 Å². The Morgan fingerprint density at radius 2 is 0.838 bits per heavy atom. The van der Waals surface area contributed by atoms with Crippen LogP contribution in [-0.4, -0.2) is 124 Å². The molecule has 22 heteroatoms. The predicted octanol–water partition coefficient (Wildman–Crippen LogP) is 11.9. The molecular formula is C77H90ClLiN6O14. The molecule has 4 aliphatic rings. The summed E-state index contributed by atoms with van der Waals surface area (Å²) >= 11 is 4.93. The second kappa shape index (κ2) is 45.0. The van der Waals surface area contributed by atoms with Crippen molar-refractivity contribution in [2.45, 2.75) is 141 Å². The molecule has 4 aliphatic heterocycles. The molecule has 99 heavy (non-hydrogen) atoms. The number of cyclic esters (lactones) is 4. The Morgan fingerprint density at radius 1 is 0.485 bits per heavy atom. The summed E-state index contributed by atoms with van der Waals surface area (Å²) in [5.41, 5.74) is 19.6. The molecule has 7 amide bonds. The molecule has 0 bridgehead atoms. The van der Waals surface area contributed by atoms with E-state index in [9.17, 15) is 43.2 Å². The maximum atomic E-state index is 12.9. The number of amides is 7. The fourth-order valence-electron chi connectivity index (χ4n) is 10.7. The first-order valence-electron chi connectivity index (χ1n) is 32.9. The van der Waals surface area contributed by atoms with E-state index in [1.807, 2.05) is 204 Å². The minimum absolute atomic E-state index is 0. The van der Waals surface area contributed by atoms with Gasteiger partial charge in [0.2, 0.25) is 23.2 Å². The number of nitrogens with zero attached hydrogens (tertiary/aromatic N) is 4. The summed E-state index contributed by atoms with van der Waals surface area (Å²) in [7, 11) is 0. The molecule has 4 heterocycles. The second-order valence-electron chi connectivity index (χ2n) is 23.1. The maximum absolute atomic E-state index is 12.9. The quantitative estimate of drug-likeness (QED) is 0.0187. The molecule has 10 rings (SSSR count). The fraction of sp³-hybridized carbons (Fsp3) is 0.338. The van der Waals surface area contributed by atoms with Gasteiger partial charge in [-0.25, -0.2) is 33.9 Å². The van der Waals surface area contributed by atoms with Crippen LogP contribution in [0.5, 0.6) is 0 Å². The third-order valence-electron chi connectivity index (χ3n) is 15.7. The SMILES string of the molecule is CC/C=C/C(=O)Cl.CC/C=C/C(=O)N1C(=O)OCC1Cc1ccccc1.CC/C=C/C(=O)O.CCC(CC(=O)N1C(=O)OCC1Cc1ccccc1)c1cccc(N)c1.CC[C@H](CC(=O)N1C(=O)OCC1Cc1ccccc1)c1cccc(N)c1.O=C1[N-]C(Cc2ccccc2)CO1.[Li+]. The summed E-state index contributed by atoms with van der Waals surface area (Å²) in [4.78, 5) is 108. The number of rotatable bonds is 22. The van der Waals surface area contributed by atoms with E-state index >= 15 is 0 Å². The predicted molar refractivity (Wildman–Crippen MR) is 379 cm³/mol. The van der Waals surface area contributed by atoms with Gasteiger partial charge in [-0.1, -0.05) is 204 Å². The zero-order valence-corrected chi connectivity index (χ0v) is 58.0. The summed E-state index contributed by atoms with van der Waals surface area (Å²) in [6.07, 6.45) is 14.1. The molecule has 5 unspecified atom stereocenters. The van der Waals surface area contributed by atoms with E-state index in [4.69, 9.17) is 47.1 Å². The second-order valence-corrected chi connectivity index (χ2v) is 23.5. The summed E-state index contributed by atoms with van der Waals surface area (Å²) < 4.78 is 20.0. The van der Waals surface area contributed by atoms with Crippen molar-refractivity contribution in [2.75, 3.05) is 37.9 Å². The number of hydrogen-bond donors (Lipinski definition) is 3. The number of nitrogens with two attached hydrogens (primary N) is 2. The molecule has 6 atom stereocenters. The van der Waals surface area contributed by atoms with Crippen LogP contribution >= 0.6 is 11.6 Å². The van der Waals surface area contributed by atoms with Crippen molar-refractivity contribution < 1.29 is 86.1 Å². The van der Waals surface area contributed by atoms with Gasteiger partial charge in [0.25, 0.3) is 5.91 Å². The van der Waals surface area contributed by atoms with E-state index in [1.165, 1.54) is 32.4 Å². The molecule has 4 fully saturated rings. The number of ether oxygens (including phenoxy) is 4. The molecular weight excluding hydrogens is 1280 g/mol. The van der Waals surface area contributed by atoms with Gasteiger partial charge in [0.15, 0.2) is 0 Å². The standard InChI is InChI=1S/2C21H24N2O3.C15H17NO3.C10H11NO2.C5H7ClO.C5H8O2.Li/c2*1-2-16(17-9-6-10-18(22)12-17)13-20(24)23-19(14-26-21(23)25)11-15-7-4-3-5-8-15;1-2-3-9-14(17)16-13(11-19-15(16)18)10-12-7-5-4-6-8-12;12-10-11-9(7-13-10)6-8-4-2-1-3-5-8;2*1-2-3-4-5(6)7;/h2*3-10,12,16,19H,2,11,13-14,22H2,1H3;3-9,13H,2,10-11H2,1H3;1-5,9H,6-7H2,(H,11,12);3-4H,2H2,1H3;3-4H,2H2,1H3,(H,6,7);/q;;;;;;+1/p-1/b;;9-3+;;2*4-3+;/t16-,19?;;;;;;/m1....../s1. The van der Waals surface area contributed by atoms with Crippen LogP contribution in [0.2, 0.25) is 0 Å². The van der Waals surface area contributed by atoms with E-state index in [1.54, 1.807) is 18.2 Å². The van der Waals surface area contributed by atoms with E-state index in [0.29, 0.717) is 37.2 Å². The van der Waals surface area contributed by atoms with Gasteiger partial charge >= 0.3 is 43.1 Å². The Hall–Kier alpha value is -9.74. The van der Waals surface area contributed by atoms with Crippen molar-refractivity contribution >= 4 is 76.3 Å². The van der Waals surface area contributed by atoms with Crippen molar-refractivity contribution in [3.63, 3.8) is 0 Å². The summed E-state index contributed by atoms with van der Waals surface area (Å²) in [5.74, 6) is -1.51. The Bertz CT molecular complexity index is 3450. The Balaban J connectivity index is 0.000000267. The van der Waals surface area contributed by atoms with Crippen molar-refractivity contribution in [3.8, 4) is 0 Å². The van der Waals surface area contributed by atoms with Crippen molar-refractivity contribution in [1.82, 2.24) is 14.7 Å². The van der Waals surface area contributed by atoms with Crippen LogP contribution in [0.3, 0.4) is 0 Å². The number of allylic oxidation sites excluding steroid dienone is 4. The topological polar surface area (TPSA) is 287 Å². The number of benzene rings is 6. The van der Waals surface area contributed by atoms with Gasteiger partial charge < -0.3 is 40.8 Å². The van der Waals surface area contributed by atoms with E-state index < -0.39 is 35.6 Å². The number of aliphatic carboxylic acids is 1. The third kappa shape index (κ3) is 29.1. The average molecular weight is 1370 g/mol. The van der Waals surface area contributed by atoms with Gasteiger partial charge in [-0.3, -0.25) is 24.0 Å². The molecule has 6 aromatic carbocycles. The van der Waals surface area contributed by atoms with Gasteiger partial charge in [0, 0.05) is 30.3 Å². The van der Waals surface area contributed by atoms with Crippen LogP contribution in [0.25, 0.3) is 5.32 Å². The first-order valence-corrected chi connectivity index (χ1v) is 33.3.